The van der Waals surface area contributed by atoms with Gasteiger partial charge >= 0.3 is 5.97 Å². The molecule has 27 heavy (non-hydrogen) atoms. The summed E-state index contributed by atoms with van der Waals surface area (Å²) in [6, 6.07) is 15.1. The number of amides is 1. The normalized spacial score (nSPS) is 12.0. The molecule has 0 aliphatic carbocycles. The molecule has 5 heteroatoms. The number of aromatic amines is 1. The maximum atomic E-state index is 12.4. The summed E-state index contributed by atoms with van der Waals surface area (Å²) in [6.45, 7) is 1.92. The minimum Gasteiger partial charge on any atom is -0.481 e. The Morgan fingerprint density at radius 1 is 1.11 bits per heavy atom. The van der Waals surface area contributed by atoms with Crippen LogP contribution in [-0.4, -0.2) is 22.0 Å². The molecule has 3 aromatic rings. The fraction of sp³-hybridized carbons (Fsp3) is 0.273. The van der Waals surface area contributed by atoms with Gasteiger partial charge in [0, 0.05) is 23.5 Å². The molecule has 140 valence electrons. The molecule has 0 spiro atoms. The molecule has 0 saturated heterocycles. The minimum atomic E-state index is -0.928. The van der Waals surface area contributed by atoms with Gasteiger partial charge in [0.1, 0.15) is 0 Å². The van der Waals surface area contributed by atoms with Gasteiger partial charge in [0.2, 0.25) is 5.91 Å². The number of fused-ring (bicyclic) bond motifs is 1. The van der Waals surface area contributed by atoms with Gasteiger partial charge < -0.3 is 15.4 Å². The molecule has 0 saturated carbocycles. The van der Waals surface area contributed by atoms with Crippen molar-refractivity contribution in [2.75, 3.05) is 0 Å². The van der Waals surface area contributed by atoms with Gasteiger partial charge in [0.25, 0.3) is 0 Å². The van der Waals surface area contributed by atoms with Crippen molar-refractivity contribution in [3.63, 3.8) is 0 Å². The van der Waals surface area contributed by atoms with Crippen molar-refractivity contribution in [3.05, 3.63) is 71.4 Å². The highest BCUT2D eigenvalue weighted by atomic mass is 16.4. The van der Waals surface area contributed by atoms with E-state index in [0.29, 0.717) is 12.8 Å². The number of aliphatic carboxylic acids is 1. The lowest BCUT2D eigenvalue weighted by molar-refractivity contribution is -0.137. The predicted molar refractivity (Wildman–Crippen MR) is 106 cm³/mol. The summed E-state index contributed by atoms with van der Waals surface area (Å²) in [5, 5.41) is 13.3. The van der Waals surface area contributed by atoms with Crippen LogP contribution in [0.5, 0.6) is 0 Å². The number of hydrogen-bond donors (Lipinski definition) is 3. The van der Waals surface area contributed by atoms with Crippen LogP contribution in [0.15, 0.2) is 54.7 Å². The Morgan fingerprint density at radius 3 is 2.63 bits per heavy atom. The summed E-state index contributed by atoms with van der Waals surface area (Å²) in [5.41, 5.74) is 4.12. The Labute approximate surface area is 158 Å². The van der Waals surface area contributed by atoms with Gasteiger partial charge in [-0.25, -0.2) is 0 Å². The lowest BCUT2D eigenvalue weighted by Gasteiger charge is -2.19. The average molecular weight is 364 g/mol. The van der Waals surface area contributed by atoms with Crippen LogP contribution in [0.1, 0.15) is 42.0 Å². The van der Waals surface area contributed by atoms with Crippen LogP contribution >= 0.6 is 0 Å². The molecule has 3 rings (SSSR count). The number of aromatic nitrogens is 1. The van der Waals surface area contributed by atoms with Gasteiger partial charge in [-0.05, 0) is 42.5 Å². The molecule has 0 radical (unpaired) electrons. The Balaban J connectivity index is 1.59. The van der Waals surface area contributed by atoms with Crippen molar-refractivity contribution in [2.24, 2.45) is 0 Å². The number of carboxylic acids is 1. The van der Waals surface area contributed by atoms with Gasteiger partial charge in [0.05, 0.1) is 12.5 Å². The summed E-state index contributed by atoms with van der Waals surface area (Å²) in [5.74, 6) is -1.05. The highest BCUT2D eigenvalue weighted by Gasteiger charge is 2.19. The van der Waals surface area contributed by atoms with Crippen molar-refractivity contribution >= 4 is 22.8 Å². The lowest BCUT2D eigenvalue weighted by Crippen LogP contribution is -2.30. The molecular formula is C22H24N2O3. The van der Waals surface area contributed by atoms with Crippen LogP contribution in [-0.2, 0) is 16.0 Å². The van der Waals surface area contributed by atoms with Crippen molar-refractivity contribution in [1.82, 2.24) is 10.3 Å². The number of carbonyl (C=O) groups is 2. The van der Waals surface area contributed by atoms with Crippen molar-refractivity contribution in [2.45, 2.75) is 38.6 Å². The molecule has 0 bridgehead atoms. The number of nitrogens with one attached hydrogen (secondary N) is 2. The molecule has 0 aliphatic heterocycles. The third-order valence-electron chi connectivity index (χ3n) is 4.80. The Hall–Kier alpha value is -3.08. The SMILES string of the molecule is Cc1ccccc1C(CC(=O)O)NC(=O)CCCc1c[nH]c2ccccc12. The number of rotatable bonds is 8. The first-order valence-electron chi connectivity index (χ1n) is 9.16. The quantitative estimate of drug-likeness (QED) is 0.562. The summed E-state index contributed by atoms with van der Waals surface area (Å²) in [7, 11) is 0. The number of carboxylic acid groups (broad SMARTS) is 1. The number of benzene rings is 2. The molecule has 1 atom stereocenters. The maximum Gasteiger partial charge on any atom is 0.305 e. The molecule has 0 fully saturated rings. The first kappa shape index (κ1) is 18.7. The Kier molecular flexibility index (Phi) is 5.91. The van der Waals surface area contributed by atoms with Crippen LogP contribution < -0.4 is 5.32 Å². The second-order valence-corrected chi connectivity index (χ2v) is 6.79. The molecule has 1 amide bonds. The topological polar surface area (TPSA) is 82.2 Å². The third kappa shape index (κ3) is 4.76. The monoisotopic (exact) mass is 364 g/mol. The number of aryl methyl sites for hydroxylation is 2. The van der Waals surface area contributed by atoms with Crippen LogP contribution in [0.2, 0.25) is 0 Å². The first-order chi connectivity index (χ1) is 13.0. The zero-order valence-electron chi connectivity index (χ0n) is 15.4. The third-order valence-corrected chi connectivity index (χ3v) is 4.80. The number of carbonyl (C=O) groups excluding carboxylic acids is 1. The van der Waals surface area contributed by atoms with Crippen molar-refractivity contribution in [1.29, 1.82) is 0 Å². The molecule has 1 aromatic heterocycles. The molecule has 0 aliphatic rings. The predicted octanol–water partition coefficient (Wildman–Crippen LogP) is 4.13. The standard InChI is InChI=1S/C22H24N2O3/c1-15-7-2-3-9-17(15)20(13-22(26)27)24-21(25)12-6-8-16-14-23-19-11-5-4-10-18(16)19/h2-5,7,9-11,14,20,23H,6,8,12-13H2,1H3,(H,24,25)(H,26,27). The summed E-state index contributed by atoms with van der Waals surface area (Å²) < 4.78 is 0. The van der Waals surface area contributed by atoms with Gasteiger partial charge in [-0.15, -0.1) is 0 Å². The van der Waals surface area contributed by atoms with E-state index in [1.807, 2.05) is 55.6 Å². The van der Waals surface area contributed by atoms with Crippen molar-refractivity contribution < 1.29 is 14.7 Å². The number of H-pyrrole nitrogens is 1. The highest BCUT2D eigenvalue weighted by Crippen LogP contribution is 2.22. The zero-order chi connectivity index (χ0) is 19.2. The summed E-state index contributed by atoms with van der Waals surface area (Å²) in [6.07, 6.45) is 3.73. The van der Waals surface area contributed by atoms with E-state index in [0.717, 1.165) is 23.1 Å². The Morgan fingerprint density at radius 2 is 1.85 bits per heavy atom. The van der Waals surface area contributed by atoms with Crippen LogP contribution in [0, 0.1) is 6.92 Å². The van der Waals surface area contributed by atoms with Gasteiger partial charge in [-0.2, -0.15) is 0 Å². The second-order valence-electron chi connectivity index (χ2n) is 6.79. The van der Waals surface area contributed by atoms with E-state index in [-0.39, 0.29) is 12.3 Å². The molecular weight excluding hydrogens is 340 g/mol. The van der Waals surface area contributed by atoms with E-state index >= 15 is 0 Å². The summed E-state index contributed by atoms with van der Waals surface area (Å²) in [4.78, 5) is 26.9. The lowest BCUT2D eigenvalue weighted by atomic mass is 9.98. The molecule has 1 unspecified atom stereocenters. The largest absolute Gasteiger partial charge is 0.481 e. The zero-order valence-corrected chi connectivity index (χ0v) is 15.4. The fourth-order valence-corrected chi connectivity index (χ4v) is 3.44. The van der Waals surface area contributed by atoms with E-state index in [4.69, 9.17) is 0 Å². The number of para-hydroxylation sites is 1. The number of hydrogen-bond acceptors (Lipinski definition) is 2. The molecule has 3 N–H and O–H groups in total. The Bertz CT molecular complexity index is 945. The van der Waals surface area contributed by atoms with E-state index in [1.165, 1.54) is 10.9 Å². The molecule has 2 aromatic carbocycles. The molecule has 1 heterocycles. The first-order valence-corrected chi connectivity index (χ1v) is 9.16. The fourth-order valence-electron chi connectivity index (χ4n) is 3.44. The van der Waals surface area contributed by atoms with Crippen LogP contribution in [0.25, 0.3) is 10.9 Å². The van der Waals surface area contributed by atoms with Gasteiger partial charge in [-0.3, -0.25) is 9.59 Å². The molecule has 5 nitrogen and oxygen atoms in total. The smallest absolute Gasteiger partial charge is 0.305 e. The van der Waals surface area contributed by atoms with Crippen molar-refractivity contribution in [3.8, 4) is 0 Å². The highest BCUT2D eigenvalue weighted by molar-refractivity contribution is 5.83. The van der Waals surface area contributed by atoms with E-state index in [1.54, 1.807) is 0 Å². The van der Waals surface area contributed by atoms with Gasteiger partial charge in [0.15, 0.2) is 0 Å². The van der Waals surface area contributed by atoms with E-state index in [2.05, 4.69) is 16.4 Å². The maximum absolute atomic E-state index is 12.4. The second kappa shape index (κ2) is 8.54. The minimum absolute atomic E-state index is 0.121. The van der Waals surface area contributed by atoms with Crippen LogP contribution in [0.3, 0.4) is 0 Å². The van der Waals surface area contributed by atoms with E-state index < -0.39 is 12.0 Å². The van der Waals surface area contributed by atoms with E-state index in [9.17, 15) is 14.7 Å². The average Bonchev–Trinajstić information content (AvgIpc) is 3.04. The van der Waals surface area contributed by atoms with Crippen LogP contribution in [0.4, 0.5) is 0 Å². The summed E-state index contributed by atoms with van der Waals surface area (Å²) >= 11 is 0. The van der Waals surface area contributed by atoms with Gasteiger partial charge in [-0.1, -0.05) is 42.5 Å².